The molecule has 1 fully saturated rings. The second-order valence-corrected chi connectivity index (χ2v) is 5.69. The van der Waals surface area contributed by atoms with Gasteiger partial charge in [0, 0.05) is 31.2 Å². The molecule has 1 aliphatic rings. The first-order valence-corrected chi connectivity index (χ1v) is 7.45. The summed E-state index contributed by atoms with van der Waals surface area (Å²) >= 11 is 0. The van der Waals surface area contributed by atoms with Crippen LogP contribution in [-0.2, 0) is 6.54 Å². The monoisotopic (exact) mass is 277 g/mol. The average molecular weight is 277 g/mol. The number of nitrogens with zero attached hydrogens (tertiary/aromatic N) is 2. The Morgan fingerprint density at radius 3 is 2.85 bits per heavy atom. The molecule has 1 heterocycles. The molecule has 1 aromatic rings. The van der Waals surface area contributed by atoms with E-state index in [9.17, 15) is 0 Å². The van der Waals surface area contributed by atoms with Crippen LogP contribution in [0.15, 0.2) is 24.3 Å². The molecule has 4 heteroatoms. The van der Waals surface area contributed by atoms with Crippen molar-refractivity contribution in [2.45, 2.75) is 19.0 Å². The fraction of sp³-hybridized carbons (Fsp3) is 0.625. The number of hydrogen-bond acceptors (Lipinski definition) is 4. The molecule has 1 aliphatic heterocycles. The van der Waals surface area contributed by atoms with E-state index in [4.69, 9.17) is 4.74 Å². The van der Waals surface area contributed by atoms with Crippen molar-refractivity contribution in [2.24, 2.45) is 0 Å². The van der Waals surface area contributed by atoms with Gasteiger partial charge in [0.1, 0.15) is 12.4 Å². The summed E-state index contributed by atoms with van der Waals surface area (Å²) in [4.78, 5) is 4.81. The molecule has 0 spiro atoms. The molecule has 1 aromatic carbocycles. The molecule has 0 bridgehead atoms. The minimum Gasteiger partial charge on any atom is -0.492 e. The minimum atomic E-state index is 0.701. The number of rotatable bonds is 7. The molecule has 1 N–H and O–H groups in total. The maximum absolute atomic E-state index is 5.95. The van der Waals surface area contributed by atoms with Crippen LogP contribution in [0.2, 0.25) is 0 Å². The van der Waals surface area contributed by atoms with Crippen molar-refractivity contribution < 1.29 is 4.74 Å². The van der Waals surface area contributed by atoms with Gasteiger partial charge in [-0.25, -0.2) is 0 Å². The lowest BCUT2D eigenvalue weighted by molar-refractivity contribution is 0.219. The van der Waals surface area contributed by atoms with E-state index in [1.165, 1.54) is 18.5 Å². The van der Waals surface area contributed by atoms with Gasteiger partial charge >= 0.3 is 0 Å². The van der Waals surface area contributed by atoms with E-state index in [1.54, 1.807) is 0 Å². The molecule has 2 rings (SSSR count). The zero-order chi connectivity index (χ0) is 14.4. The Morgan fingerprint density at radius 1 is 1.35 bits per heavy atom. The number of para-hydroxylation sites is 1. The Bertz CT molecular complexity index is 408. The SMILES string of the molecule is CNCc1ccccc1OCCN1CCC(N(C)C)C1. The summed E-state index contributed by atoms with van der Waals surface area (Å²) in [6, 6.07) is 8.96. The van der Waals surface area contributed by atoms with E-state index in [2.05, 4.69) is 47.4 Å². The maximum Gasteiger partial charge on any atom is 0.123 e. The largest absolute Gasteiger partial charge is 0.492 e. The van der Waals surface area contributed by atoms with Gasteiger partial charge in [-0.2, -0.15) is 0 Å². The zero-order valence-corrected chi connectivity index (χ0v) is 12.9. The van der Waals surface area contributed by atoms with E-state index < -0.39 is 0 Å². The van der Waals surface area contributed by atoms with Gasteiger partial charge in [0.05, 0.1) is 0 Å². The molecule has 112 valence electrons. The van der Waals surface area contributed by atoms with Crippen LogP contribution in [0, 0.1) is 0 Å². The quantitative estimate of drug-likeness (QED) is 0.816. The van der Waals surface area contributed by atoms with Gasteiger partial charge in [-0.05, 0) is 40.2 Å². The van der Waals surface area contributed by atoms with Crippen molar-refractivity contribution in [2.75, 3.05) is 47.4 Å². The number of hydrogen-bond donors (Lipinski definition) is 1. The van der Waals surface area contributed by atoms with Crippen molar-refractivity contribution in [3.05, 3.63) is 29.8 Å². The highest BCUT2D eigenvalue weighted by atomic mass is 16.5. The van der Waals surface area contributed by atoms with E-state index in [0.29, 0.717) is 6.04 Å². The first kappa shape index (κ1) is 15.3. The first-order valence-electron chi connectivity index (χ1n) is 7.45. The summed E-state index contributed by atoms with van der Waals surface area (Å²) in [7, 11) is 6.29. The van der Waals surface area contributed by atoms with E-state index in [1.807, 2.05) is 13.1 Å². The summed E-state index contributed by atoms with van der Waals surface area (Å²) in [5, 5.41) is 3.18. The summed E-state index contributed by atoms with van der Waals surface area (Å²) < 4.78 is 5.95. The van der Waals surface area contributed by atoms with Gasteiger partial charge in [0.2, 0.25) is 0 Å². The van der Waals surface area contributed by atoms with Gasteiger partial charge in [-0.1, -0.05) is 18.2 Å². The fourth-order valence-corrected chi connectivity index (χ4v) is 2.70. The molecule has 0 radical (unpaired) electrons. The van der Waals surface area contributed by atoms with Crippen LogP contribution in [0.5, 0.6) is 5.75 Å². The third-order valence-electron chi connectivity index (χ3n) is 3.98. The maximum atomic E-state index is 5.95. The smallest absolute Gasteiger partial charge is 0.123 e. The Balaban J connectivity index is 1.76. The van der Waals surface area contributed by atoms with Crippen molar-refractivity contribution in [3.8, 4) is 5.75 Å². The minimum absolute atomic E-state index is 0.701. The second kappa shape index (κ2) is 7.62. The van der Waals surface area contributed by atoms with Crippen molar-refractivity contribution in [1.29, 1.82) is 0 Å². The second-order valence-electron chi connectivity index (χ2n) is 5.69. The molecule has 1 atom stereocenters. The highest BCUT2D eigenvalue weighted by molar-refractivity contribution is 5.33. The summed E-state index contributed by atoms with van der Waals surface area (Å²) in [5.74, 6) is 1.00. The number of ether oxygens (including phenoxy) is 1. The third-order valence-corrected chi connectivity index (χ3v) is 3.98. The lowest BCUT2D eigenvalue weighted by atomic mass is 10.2. The third kappa shape index (κ3) is 4.20. The Kier molecular flexibility index (Phi) is 5.83. The Labute approximate surface area is 122 Å². The van der Waals surface area contributed by atoms with Crippen LogP contribution in [0.1, 0.15) is 12.0 Å². The van der Waals surface area contributed by atoms with Crippen LogP contribution in [-0.4, -0.2) is 63.2 Å². The summed E-state index contributed by atoms with van der Waals surface area (Å²) in [6.45, 7) is 4.97. The summed E-state index contributed by atoms with van der Waals surface area (Å²) in [6.07, 6.45) is 1.27. The standard InChI is InChI=1S/C16H27N3O/c1-17-12-14-6-4-5-7-16(14)20-11-10-19-9-8-15(13-19)18(2)3/h4-7,15,17H,8-13H2,1-3H3. The van der Waals surface area contributed by atoms with Crippen LogP contribution in [0.25, 0.3) is 0 Å². The fourth-order valence-electron chi connectivity index (χ4n) is 2.70. The van der Waals surface area contributed by atoms with Crippen LogP contribution < -0.4 is 10.1 Å². The molecule has 0 aliphatic carbocycles. The van der Waals surface area contributed by atoms with Crippen LogP contribution in [0.3, 0.4) is 0 Å². The zero-order valence-electron chi connectivity index (χ0n) is 12.9. The van der Waals surface area contributed by atoms with Crippen molar-refractivity contribution in [1.82, 2.24) is 15.1 Å². The van der Waals surface area contributed by atoms with Crippen LogP contribution >= 0.6 is 0 Å². The lowest BCUT2D eigenvalue weighted by Gasteiger charge is -2.20. The molecular formula is C16H27N3O. The van der Waals surface area contributed by atoms with Crippen molar-refractivity contribution in [3.63, 3.8) is 0 Å². The topological polar surface area (TPSA) is 27.7 Å². The predicted octanol–water partition coefficient (Wildman–Crippen LogP) is 1.42. The average Bonchev–Trinajstić information content (AvgIpc) is 2.90. The Hall–Kier alpha value is -1.10. The van der Waals surface area contributed by atoms with E-state index in [0.717, 1.165) is 32.0 Å². The molecule has 4 nitrogen and oxygen atoms in total. The van der Waals surface area contributed by atoms with Gasteiger partial charge < -0.3 is 15.0 Å². The highest BCUT2D eigenvalue weighted by Gasteiger charge is 2.23. The van der Waals surface area contributed by atoms with E-state index >= 15 is 0 Å². The van der Waals surface area contributed by atoms with Gasteiger partial charge in [-0.3, -0.25) is 4.90 Å². The number of likely N-dealkylation sites (N-methyl/N-ethyl adjacent to an activating group) is 1. The Morgan fingerprint density at radius 2 is 2.15 bits per heavy atom. The lowest BCUT2D eigenvalue weighted by Crippen LogP contribution is -2.33. The van der Waals surface area contributed by atoms with Crippen LogP contribution in [0.4, 0.5) is 0 Å². The molecule has 20 heavy (non-hydrogen) atoms. The highest BCUT2D eigenvalue weighted by Crippen LogP contribution is 2.18. The molecular weight excluding hydrogens is 250 g/mol. The molecule has 0 saturated carbocycles. The molecule has 1 saturated heterocycles. The van der Waals surface area contributed by atoms with Gasteiger partial charge in [-0.15, -0.1) is 0 Å². The first-order chi connectivity index (χ1) is 9.70. The number of nitrogens with one attached hydrogen (secondary N) is 1. The van der Waals surface area contributed by atoms with E-state index in [-0.39, 0.29) is 0 Å². The van der Waals surface area contributed by atoms with Crippen molar-refractivity contribution >= 4 is 0 Å². The van der Waals surface area contributed by atoms with Gasteiger partial charge in [0.15, 0.2) is 0 Å². The number of likely N-dealkylation sites (tertiary alicyclic amines) is 1. The summed E-state index contributed by atoms with van der Waals surface area (Å²) in [5.41, 5.74) is 1.22. The predicted molar refractivity (Wildman–Crippen MR) is 83.2 cm³/mol. The molecule has 0 amide bonds. The van der Waals surface area contributed by atoms with Gasteiger partial charge in [0.25, 0.3) is 0 Å². The molecule has 0 aromatic heterocycles. The molecule has 1 unspecified atom stereocenters. The number of benzene rings is 1. The normalized spacial score (nSPS) is 19.7.